The van der Waals surface area contributed by atoms with Crippen LogP contribution < -0.4 is 4.90 Å². The van der Waals surface area contributed by atoms with E-state index in [1.54, 1.807) is 0 Å². The maximum atomic E-state index is 10.4. The first-order valence-electron chi connectivity index (χ1n) is 4.29. The second-order valence-electron chi connectivity index (χ2n) is 3.21. The van der Waals surface area contributed by atoms with Crippen LogP contribution in [0.5, 0.6) is 0 Å². The zero-order chi connectivity index (χ0) is 11.4. The lowest BCUT2D eigenvalue weighted by Crippen LogP contribution is -2.07. The van der Waals surface area contributed by atoms with Gasteiger partial charge in [0.1, 0.15) is 0 Å². The van der Waals surface area contributed by atoms with Crippen LogP contribution in [-0.4, -0.2) is 19.0 Å². The van der Waals surface area contributed by atoms with Crippen LogP contribution in [0.1, 0.15) is 5.56 Å². The lowest BCUT2D eigenvalue weighted by molar-refractivity contribution is -0.407. The Balaban J connectivity index is 2.90. The maximum absolute atomic E-state index is 10.4. The molecule has 0 saturated carbocycles. The zero-order valence-electron chi connectivity index (χ0n) is 8.48. The van der Waals surface area contributed by atoms with Crippen molar-refractivity contribution in [3.63, 3.8) is 0 Å². The highest BCUT2D eigenvalue weighted by Gasteiger charge is 2.04. The Hall–Kier alpha value is -1.36. The van der Waals surface area contributed by atoms with E-state index in [4.69, 9.17) is 0 Å². The van der Waals surface area contributed by atoms with E-state index in [-0.39, 0.29) is 4.61 Å². The molecule has 0 amide bonds. The standard InChI is InChI=1S/C10H11BrN2O2/c1-12(2)9-5-3-8(4-6-9)7-10(11)13(14)15/h3-7H,1-2H3/b10-7+. The normalized spacial score (nSPS) is 11.3. The third-order valence-corrected chi connectivity index (χ3v) is 2.39. The van der Waals surface area contributed by atoms with Crippen molar-refractivity contribution in [3.05, 3.63) is 44.5 Å². The quantitative estimate of drug-likeness (QED) is 0.482. The largest absolute Gasteiger partial charge is 0.378 e. The molecule has 0 aliphatic carbocycles. The van der Waals surface area contributed by atoms with Gasteiger partial charge in [-0.1, -0.05) is 12.1 Å². The summed E-state index contributed by atoms with van der Waals surface area (Å²) in [5.41, 5.74) is 1.86. The Morgan fingerprint density at radius 1 is 1.40 bits per heavy atom. The second kappa shape index (κ2) is 4.93. The van der Waals surface area contributed by atoms with E-state index in [9.17, 15) is 10.1 Å². The molecule has 0 N–H and O–H groups in total. The number of nitro groups is 1. The summed E-state index contributed by atoms with van der Waals surface area (Å²) in [6.45, 7) is 0. The highest BCUT2D eigenvalue weighted by Crippen LogP contribution is 2.16. The fourth-order valence-electron chi connectivity index (χ4n) is 1.06. The molecule has 0 radical (unpaired) electrons. The van der Waals surface area contributed by atoms with Crippen molar-refractivity contribution in [2.45, 2.75) is 0 Å². The molecule has 0 aliphatic heterocycles. The summed E-state index contributed by atoms with van der Waals surface area (Å²) in [6, 6.07) is 7.48. The first-order chi connectivity index (χ1) is 7.00. The smallest absolute Gasteiger partial charge is 0.311 e. The lowest BCUT2D eigenvalue weighted by atomic mass is 10.2. The summed E-state index contributed by atoms with van der Waals surface area (Å²) < 4.78 is -0.0416. The van der Waals surface area contributed by atoms with Crippen molar-refractivity contribution < 1.29 is 4.92 Å². The molecule has 0 atom stereocenters. The summed E-state index contributed by atoms with van der Waals surface area (Å²) in [4.78, 5) is 11.9. The van der Waals surface area contributed by atoms with Gasteiger partial charge in [0.15, 0.2) is 0 Å². The van der Waals surface area contributed by atoms with E-state index in [1.807, 2.05) is 43.3 Å². The predicted molar refractivity (Wildman–Crippen MR) is 64.7 cm³/mol. The highest BCUT2D eigenvalue weighted by molar-refractivity contribution is 9.11. The van der Waals surface area contributed by atoms with Gasteiger partial charge in [-0.15, -0.1) is 0 Å². The van der Waals surface area contributed by atoms with Gasteiger partial charge in [0.2, 0.25) is 0 Å². The molecule has 0 aromatic heterocycles. The summed E-state index contributed by atoms with van der Waals surface area (Å²) >= 11 is 2.88. The number of halogens is 1. The Kier molecular flexibility index (Phi) is 3.85. The van der Waals surface area contributed by atoms with Gasteiger partial charge < -0.3 is 4.90 Å². The zero-order valence-corrected chi connectivity index (χ0v) is 10.1. The molecule has 15 heavy (non-hydrogen) atoms. The molecule has 0 saturated heterocycles. The molecule has 0 heterocycles. The first-order valence-corrected chi connectivity index (χ1v) is 5.09. The van der Waals surface area contributed by atoms with Crippen LogP contribution in [0.3, 0.4) is 0 Å². The van der Waals surface area contributed by atoms with Crippen molar-refractivity contribution in [3.8, 4) is 0 Å². The number of anilines is 1. The van der Waals surface area contributed by atoms with Gasteiger partial charge in [-0.2, -0.15) is 0 Å². The van der Waals surface area contributed by atoms with Crippen molar-refractivity contribution in [1.29, 1.82) is 0 Å². The molecular weight excluding hydrogens is 260 g/mol. The van der Waals surface area contributed by atoms with Gasteiger partial charge in [0.05, 0.1) is 4.92 Å². The molecule has 0 fully saturated rings. The van der Waals surface area contributed by atoms with E-state index in [0.717, 1.165) is 11.3 Å². The fourth-order valence-corrected chi connectivity index (χ4v) is 1.32. The summed E-state index contributed by atoms with van der Waals surface area (Å²) in [5.74, 6) is 0. The van der Waals surface area contributed by atoms with Gasteiger partial charge in [-0.25, -0.2) is 0 Å². The first kappa shape index (κ1) is 11.7. The molecular formula is C10H11BrN2O2. The number of hydrogen-bond donors (Lipinski definition) is 0. The van der Waals surface area contributed by atoms with Crippen molar-refractivity contribution >= 4 is 27.7 Å². The molecule has 1 rings (SSSR count). The Morgan fingerprint density at radius 2 is 1.93 bits per heavy atom. The SMILES string of the molecule is CN(C)c1ccc(/C=C(\Br)[N+](=O)[O-])cc1. The summed E-state index contributed by atoms with van der Waals surface area (Å²) in [5, 5.41) is 10.4. The van der Waals surface area contributed by atoms with Crippen molar-refractivity contribution in [2.24, 2.45) is 0 Å². The highest BCUT2D eigenvalue weighted by atomic mass is 79.9. The fraction of sp³-hybridized carbons (Fsp3) is 0.200. The van der Waals surface area contributed by atoms with E-state index in [2.05, 4.69) is 15.9 Å². The minimum atomic E-state index is -0.472. The molecule has 80 valence electrons. The molecule has 0 bridgehead atoms. The lowest BCUT2D eigenvalue weighted by Gasteiger charge is -2.11. The van der Waals surface area contributed by atoms with Gasteiger partial charge in [-0.05, 0) is 17.7 Å². The maximum Gasteiger partial charge on any atom is 0.311 e. The minimum absolute atomic E-state index is 0.0416. The van der Waals surface area contributed by atoms with Crippen LogP contribution in [0.25, 0.3) is 6.08 Å². The Labute approximate surface area is 96.5 Å². The topological polar surface area (TPSA) is 46.4 Å². The number of benzene rings is 1. The number of rotatable bonds is 3. The predicted octanol–water partition coefficient (Wildman–Crippen LogP) is 2.72. The van der Waals surface area contributed by atoms with Crippen molar-refractivity contribution in [1.82, 2.24) is 0 Å². The van der Waals surface area contributed by atoms with Crippen LogP contribution >= 0.6 is 15.9 Å². The van der Waals surface area contributed by atoms with Crippen LogP contribution in [0, 0.1) is 10.1 Å². The minimum Gasteiger partial charge on any atom is -0.378 e. The molecule has 5 heteroatoms. The van der Waals surface area contributed by atoms with Crippen LogP contribution in [0.4, 0.5) is 5.69 Å². The average molecular weight is 271 g/mol. The molecule has 4 nitrogen and oxygen atoms in total. The average Bonchev–Trinajstić information content (AvgIpc) is 2.18. The third kappa shape index (κ3) is 3.36. The van der Waals surface area contributed by atoms with Crippen LogP contribution in [-0.2, 0) is 0 Å². The number of hydrogen-bond acceptors (Lipinski definition) is 3. The molecule has 1 aromatic rings. The van der Waals surface area contributed by atoms with Gasteiger partial charge in [0, 0.05) is 41.8 Å². The van der Waals surface area contributed by atoms with E-state index in [0.29, 0.717) is 0 Å². The molecule has 0 unspecified atom stereocenters. The van der Waals surface area contributed by atoms with Gasteiger partial charge in [0.25, 0.3) is 0 Å². The van der Waals surface area contributed by atoms with Crippen molar-refractivity contribution in [2.75, 3.05) is 19.0 Å². The molecule has 0 spiro atoms. The monoisotopic (exact) mass is 270 g/mol. The summed E-state index contributed by atoms with van der Waals surface area (Å²) in [6.07, 6.45) is 1.47. The third-order valence-electron chi connectivity index (χ3n) is 1.87. The Morgan fingerprint density at radius 3 is 2.33 bits per heavy atom. The molecule has 0 aliphatic rings. The second-order valence-corrected chi connectivity index (χ2v) is 4.02. The van der Waals surface area contributed by atoms with Crippen LogP contribution in [0.2, 0.25) is 0 Å². The van der Waals surface area contributed by atoms with Gasteiger partial charge >= 0.3 is 4.61 Å². The number of nitrogens with zero attached hydrogens (tertiary/aromatic N) is 2. The van der Waals surface area contributed by atoms with Crippen LogP contribution in [0.15, 0.2) is 28.9 Å². The molecule has 1 aromatic carbocycles. The summed E-state index contributed by atoms with van der Waals surface area (Å²) in [7, 11) is 3.88. The van der Waals surface area contributed by atoms with E-state index in [1.165, 1.54) is 6.08 Å². The van der Waals surface area contributed by atoms with E-state index < -0.39 is 4.92 Å². The van der Waals surface area contributed by atoms with Gasteiger partial charge in [-0.3, -0.25) is 10.1 Å². The Bertz CT molecular complexity index is 385. The van der Waals surface area contributed by atoms with E-state index >= 15 is 0 Å².